The van der Waals surface area contributed by atoms with E-state index in [9.17, 15) is 28.8 Å². The molecule has 2 fully saturated rings. The van der Waals surface area contributed by atoms with E-state index >= 15 is 0 Å². The predicted molar refractivity (Wildman–Crippen MR) is 137 cm³/mol. The quantitative estimate of drug-likeness (QED) is 0.323. The average molecular weight is 561 g/mol. The number of nitrogens with zero attached hydrogens (tertiary/aromatic N) is 7. The van der Waals surface area contributed by atoms with Crippen LogP contribution in [0.3, 0.4) is 0 Å². The molecule has 15 heteroatoms. The highest BCUT2D eigenvalue weighted by molar-refractivity contribution is 6.36. The van der Waals surface area contributed by atoms with Crippen LogP contribution in [0.2, 0.25) is 5.02 Å². The predicted octanol–water partition coefficient (Wildman–Crippen LogP) is 3.32. The smallest absolute Gasteiger partial charge is 0.382 e. The van der Waals surface area contributed by atoms with Crippen LogP contribution in [0, 0.1) is 22.7 Å². The molecule has 1 unspecified atom stereocenters. The zero-order valence-electron chi connectivity index (χ0n) is 20.5. The first-order valence-electron chi connectivity index (χ1n) is 12.3. The van der Waals surface area contributed by atoms with Crippen molar-refractivity contribution >= 4 is 40.4 Å². The van der Waals surface area contributed by atoms with Gasteiger partial charge in [-0.2, -0.15) is 33.2 Å². The van der Waals surface area contributed by atoms with Crippen molar-refractivity contribution in [1.82, 2.24) is 24.9 Å². The summed E-state index contributed by atoms with van der Waals surface area (Å²) in [6.07, 6.45) is -2.63. The number of fused-ring (bicyclic) bond motifs is 1. The van der Waals surface area contributed by atoms with Crippen molar-refractivity contribution in [2.75, 3.05) is 35.2 Å². The lowest BCUT2D eigenvalue weighted by Crippen LogP contribution is -2.47. The zero-order chi connectivity index (χ0) is 27.7. The first kappa shape index (κ1) is 26.7. The van der Waals surface area contributed by atoms with Gasteiger partial charge in [0.15, 0.2) is 23.3 Å². The zero-order valence-corrected chi connectivity index (χ0v) is 21.3. The van der Waals surface area contributed by atoms with Gasteiger partial charge in [-0.25, -0.2) is 4.98 Å². The number of halogens is 4. The number of nitriles is 2. The second-order valence-corrected chi connectivity index (χ2v) is 9.89. The Morgan fingerprint density at radius 1 is 1.13 bits per heavy atom. The van der Waals surface area contributed by atoms with Gasteiger partial charge in [0.2, 0.25) is 5.95 Å². The monoisotopic (exact) mass is 560 g/mol. The Morgan fingerprint density at radius 2 is 1.87 bits per heavy atom. The first-order valence-corrected chi connectivity index (χ1v) is 12.7. The number of alkyl halides is 3. The van der Waals surface area contributed by atoms with Gasteiger partial charge in [0.25, 0.3) is 0 Å². The minimum atomic E-state index is -4.67. The van der Waals surface area contributed by atoms with Gasteiger partial charge in [-0.1, -0.05) is 11.6 Å². The van der Waals surface area contributed by atoms with E-state index in [0.717, 1.165) is 12.8 Å². The fraction of sp³-hybridized carbons (Fsp3) is 0.458. The van der Waals surface area contributed by atoms with Crippen LogP contribution in [0.25, 0.3) is 5.65 Å². The lowest BCUT2D eigenvalue weighted by molar-refractivity contribution is -0.202. The summed E-state index contributed by atoms with van der Waals surface area (Å²) in [5.41, 5.74) is 1.95. The van der Waals surface area contributed by atoms with Crippen molar-refractivity contribution in [3.05, 3.63) is 34.6 Å². The molecule has 2 aliphatic rings. The molecule has 0 radical (unpaired) electrons. The summed E-state index contributed by atoms with van der Waals surface area (Å²) in [5, 5.41) is 42.2. The molecular formula is C24H24ClF3N10O. The van der Waals surface area contributed by atoms with Gasteiger partial charge in [0.05, 0.1) is 34.2 Å². The average Bonchev–Trinajstić information content (AvgIpc) is 3.64. The number of aliphatic hydroxyl groups excluding tert-OH is 1. The molecule has 3 heterocycles. The lowest BCUT2D eigenvalue weighted by Gasteiger charge is -2.35. The Hall–Kier alpha value is -3.85. The Morgan fingerprint density at radius 3 is 2.51 bits per heavy atom. The van der Waals surface area contributed by atoms with E-state index in [-0.39, 0.29) is 23.7 Å². The molecule has 1 aliphatic carbocycles. The summed E-state index contributed by atoms with van der Waals surface area (Å²) < 4.78 is 39.2. The molecular weight excluding hydrogens is 537 g/mol. The highest BCUT2D eigenvalue weighted by Crippen LogP contribution is 2.37. The fourth-order valence-corrected chi connectivity index (χ4v) is 4.64. The minimum absolute atomic E-state index is 0.147. The van der Waals surface area contributed by atoms with E-state index in [4.69, 9.17) is 11.6 Å². The van der Waals surface area contributed by atoms with Crippen molar-refractivity contribution in [2.45, 2.75) is 50.0 Å². The standard InChI is InChI=1S/C24H24ClF3N10O/c25-20-17(34-23-35-21(33-15-1-2-15)22-32-11-16(10-30)38(22)36-23)7-13(9-29)8-18(20)37-5-3-14(4-6-37)31-12-19(39)24(26,27)28/h7-8,11,14-15,19,31,39H,1-6,12H2,(H2,33,34,35,36). The molecule has 39 heavy (non-hydrogen) atoms. The van der Waals surface area contributed by atoms with Crippen LogP contribution in [-0.4, -0.2) is 68.7 Å². The van der Waals surface area contributed by atoms with Crippen LogP contribution in [0.5, 0.6) is 0 Å². The van der Waals surface area contributed by atoms with Gasteiger partial charge in [-0.05, 0) is 37.8 Å². The Bertz CT molecular complexity index is 1450. The number of imidazole rings is 1. The van der Waals surface area contributed by atoms with E-state index in [1.807, 2.05) is 11.0 Å². The molecule has 1 saturated heterocycles. The second-order valence-electron chi connectivity index (χ2n) is 9.51. The molecule has 1 atom stereocenters. The van der Waals surface area contributed by atoms with Gasteiger partial charge in [0, 0.05) is 31.7 Å². The Balaban J connectivity index is 1.36. The number of benzene rings is 1. The number of piperidine rings is 1. The topological polar surface area (TPSA) is 150 Å². The normalized spacial score (nSPS) is 17.1. The number of nitrogens with one attached hydrogen (secondary N) is 3. The van der Waals surface area contributed by atoms with E-state index in [1.54, 1.807) is 12.1 Å². The summed E-state index contributed by atoms with van der Waals surface area (Å²) in [6.45, 7) is 0.387. The number of aromatic nitrogens is 4. The second kappa shape index (κ2) is 10.7. The highest BCUT2D eigenvalue weighted by Gasteiger charge is 2.38. The van der Waals surface area contributed by atoms with E-state index < -0.39 is 18.8 Å². The van der Waals surface area contributed by atoms with Crippen LogP contribution >= 0.6 is 11.6 Å². The summed E-state index contributed by atoms with van der Waals surface area (Å²) in [7, 11) is 0. The highest BCUT2D eigenvalue weighted by atomic mass is 35.5. The third kappa shape index (κ3) is 5.93. The Kier molecular flexibility index (Phi) is 7.36. The van der Waals surface area contributed by atoms with Crippen LogP contribution in [0.4, 0.5) is 36.3 Å². The molecule has 0 amide bonds. The number of hydrogen-bond acceptors (Lipinski definition) is 10. The third-order valence-electron chi connectivity index (χ3n) is 6.64. The van der Waals surface area contributed by atoms with Crippen LogP contribution in [0.1, 0.15) is 36.9 Å². The lowest BCUT2D eigenvalue weighted by atomic mass is 10.0. The summed E-state index contributed by atoms with van der Waals surface area (Å²) in [5.74, 6) is 0.615. The third-order valence-corrected chi connectivity index (χ3v) is 7.03. The largest absolute Gasteiger partial charge is 0.415 e. The number of anilines is 4. The van der Waals surface area contributed by atoms with E-state index in [2.05, 4.69) is 37.1 Å². The molecule has 11 nitrogen and oxygen atoms in total. The van der Waals surface area contributed by atoms with Crippen LogP contribution in [0.15, 0.2) is 18.3 Å². The number of rotatable bonds is 8. The van der Waals surface area contributed by atoms with Gasteiger partial charge in [0.1, 0.15) is 6.07 Å². The summed E-state index contributed by atoms with van der Waals surface area (Å²) in [6, 6.07) is 7.46. The minimum Gasteiger partial charge on any atom is -0.382 e. The molecule has 2 aromatic heterocycles. The molecule has 5 rings (SSSR count). The molecule has 1 saturated carbocycles. The Labute approximate surface area is 226 Å². The van der Waals surface area contributed by atoms with Crippen molar-refractivity contribution in [1.29, 1.82) is 10.5 Å². The van der Waals surface area contributed by atoms with Crippen LogP contribution in [-0.2, 0) is 0 Å². The number of aliphatic hydroxyl groups is 1. The molecule has 0 bridgehead atoms. The maximum atomic E-state index is 12.6. The SMILES string of the molecule is N#Cc1cc(Nc2nc(NC3CC3)c3ncc(C#N)n3n2)c(Cl)c(N2CCC(NCC(O)C(F)(F)F)CC2)c1. The van der Waals surface area contributed by atoms with Crippen molar-refractivity contribution in [3.8, 4) is 12.1 Å². The van der Waals surface area contributed by atoms with Gasteiger partial charge < -0.3 is 26.0 Å². The summed E-state index contributed by atoms with van der Waals surface area (Å²) >= 11 is 6.77. The molecule has 204 valence electrons. The summed E-state index contributed by atoms with van der Waals surface area (Å²) in [4.78, 5) is 10.7. The van der Waals surface area contributed by atoms with Crippen molar-refractivity contribution in [2.24, 2.45) is 0 Å². The van der Waals surface area contributed by atoms with Crippen LogP contribution < -0.4 is 20.9 Å². The maximum Gasteiger partial charge on any atom is 0.415 e. The van der Waals surface area contributed by atoms with E-state index in [0.29, 0.717) is 59.4 Å². The van der Waals surface area contributed by atoms with Gasteiger partial charge in [-0.15, -0.1) is 5.10 Å². The van der Waals surface area contributed by atoms with Crippen molar-refractivity contribution in [3.63, 3.8) is 0 Å². The van der Waals surface area contributed by atoms with E-state index in [1.165, 1.54) is 10.7 Å². The van der Waals surface area contributed by atoms with Crippen molar-refractivity contribution < 1.29 is 18.3 Å². The molecule has 1 aliphatic heterocycles. The number of hydrogen-bond donors (Lipinski definition) is 4. The fourth-order valence-electron chi connectivity index (χ4n) is 4.36. The molecule has 4 N–H and O–H groups in total. The maximum absolute atomic E-state index is 12.6. The molecule has 3 aromatic rings. The first-order chi connectivity index (χ1) is 18.7. The molecule has 0 spiro atoms. The molecule has 1 aromatic carbocycles. The van der Waals surface area contributed by atoms with Gasteiger partial charge >= 0.3 is 6.18 Å². The van der Waals surface area contributed by atoms with Gasteiger partial charge in [-0.3, -0.25) is 0 Å².